The minimum atomic E-state index is 0. The van der Waals surface area contributed by atoms with Crippen LogP contribution in [0.1, 0.15) is 38.7 Å². The summed E-state index contributed by atoms with van der Waals surface area (Å²) in [5, 5.41) is 6.86. The summed E-state index contributed by atoms with van der Waals surface area (Å²) in [4.78, 5) is 4.65. The highest BCUT2D eigenvalue weighted by Gasteiger charge is 2.36. The summed E-state index contributed by atoms with van der Waals surface area (Å²) in [7, 11) is 0. The van der Waals surface area contributed by atoms with Crippen molar-refractivity contribution in [2.24, 2.45) is 10.9 Å². The number of hydrogen-bond donors (Lipinski definition) is 2. The molecule has 1 aliphatic carbocycles. The predicted octanol–water partition coefficient (Wildman–Crippen LogP) is 3.55. The minimum absolute atomic E-state index is 0. The molecule has 1 aromatic rings. The molecule has 20 heavy (non-hydrogen) atoms. The van der Waals surface area contributed by atoms with Gasteiger partial charge in [-0.1, -0.05) is 43.7 Å². The van der Waals surface area contributed by atoms with Gasteiger partial charge in [0.1, 0.15) is 0 Å². The zero-order chi connectivity index (χ0) is 13.5. The average Bonchev–Trinajstić information content (AvgIpc) is 3.16. The third-order valence-electron chi connectivity index (χ3n) is 3.51. The molecule has 4 heteroatoms. The van der Waals surface area contributed by atoms with Gasteiger partial charge in [0.15, 0.2) is 5.96 Å². The third kappa shape index (κ3) is 5.69. The normalized spacial score (nSPS) is 21.0. The van der Waals surface area contributed by atoms with E-state index in [1.54, 1.807) is 0 Å². The van der Waals surface area contributed by atoms with Gasteiger partial charge in [-0.15, -0.1) is 24.0 Å². The van der Waals surface area contributed by atoms with Gasteiger partial charge >= 0.3 is 0 Å². The summed E-state index contributed by atoms with van der Waals surface area (Å²) in [6.45, 7) is 6.01. The van der Waals surface area contributed by atoms with Crippen LogP contribution < -0.4 is 10.6 Å². The molecule has 0 aliphatic heterocycles. The maximum atomic E-state index is 4.65. The zero-order valence-corrected chi connectivity index (χ0v) is 14.8. The van der Waals surface area contributed by atoms with Gasteiger partial charge in [0.2, 0.25) is 0 Å². The van der Waals surface area contributed by atoms with E-state index in [-0.39, 0.29) is 24.0 Å². The lowest BCUT2D eigenvalue weighted by Crippen LogP contribution is -2.39. The quantitative estimate of drug-likeness (QED) is 0.445. The topological polar surface area (TPSA) is 36.4 Å². The smallest absolute Gasteiger partial charge is 0.191 e. The number of benzene rings is 1. The van der Waals surface area contributed by atoms with Crippen molar-refractivity contribution in [3.8, 4) is 0 Å². The highest BCUT2D eigenvalue weighted by atomic mass is 127. The van der Waals surface area contributed by atoms with E-state index in [9.17, 15) is 0 Å². The first kappa shape index (κ1) is 17.3. The summed E-state index contributed by atoms with van der Waals surface area (Å²) < 4.78 is 0. The second-order valence-corrected chi connectivity index (χ2v) is 5.22. The molecule has 0 bridgehead atoms. The first-order chi connectivity index (χ1) is 9.33. The van der Waals surface area contributed by atoms with E-state index in [2.05, 4.69) is 53.7 Å². The molecular weight excluding hydrogens is 361 g/mol. The van der Waals surface area contributed by atoms with Crippen LogP contribution in [0.2, 0.25) is 0 Å². The van der Waals surface area contributed by atoms with E-state index in [1.165, 1.54) is 24.8 Å². The molecule has 2 N–H and O–H groups in total. The molecule has 1 aliphatic rings. The molecule has 0 aromatic heterocycles. The van der Waals surface area contributed by atoms with Crippen molar-refractivity contribution in [1.82, 2.24) is 10.6 Å². The molecule has 0 spiro atoms. The number of halogens is 1. The van der Waals surface area contributed by atoms with Gasteiger partial charge < -0.3 is 10.6 Å². The Kier molecular flexibility index (Phi) is 7.95. The second kappa shape index (κ2) is 9.21. The Bertz CT molecular complexity index is 405. The Balaban J connectivity index is 0.00000200. The van der Waals surface area contributed by atoms with Crippen LogP contribution >= 0.6 is 24.0 Å². The van der Waals surface area contributed by atoms with Crippen LogP contribution in [-0.2, 0) is 6.54 Å². The molecule has 0 radical (unpaired) electrons. The first-order valence-corrected chi connectivity index (χ1v) is 7.42. The van der Waals surface area contributed by atoms with Crippen LogP contribution in [0.15, 0.2) is 35.3 Å². The van der Waals surface area contributed by atoms with Crippen molar-refractivity contribution in [2.75, 3.05) is 6.54 Å². The molecule has 0 saturated heterocycles. The van der Waals surface area contributed by atoms with Gasteiger partial charge in [-0.3, -0.25) is 0 Å². The lowest BCUT2D eigenvalue weighted by molar-refractivity contribution is 0.655. The lowest BCUT2D eigenvalue weighted by Gasteiger charge is -2.11. The summed E-state index contributed by atoms with van der Waals surface area (Å²) in [6.07, 6.45) is 3.90. The van der Waals surface area contributed by atoms with Crippen LogP contribution in [0.3, 0.4) is 0 Å². The molecule has 1 saturated carbocycles. The number of hydrogen-bond acceptors (Lipinski definition) is 1. The Hall–Kier alpha value is -0.780. The number of nitrogens with one attached hydrogen (secondary N) is 2. The Morgan fingerprint density at radius 1 is 1.25 bits per heavy atom. The molecular formula is C16H26IN3. The van der Waals surface area contributed by atoms with E-state index in [0.717, 1.165) is 25.0 Å². The second-order valence-electron chi connectivity index (χ2n) is 5.22. The number of aliphatic imine (C=N–C) groups is 1. The highest BCUT2D eigenvalue weighted by molar-refractivity contribution is 14.0. The minimum Gasteiger partial charge on any atom is -0.357 e. The van der Waals surface area contributed by atoms with E-state index >= 15 is 0 Å². The van der Waals surface area contributed by atoms with Gasteiger partial charge in [0.25, 0.3) is 0 Å². The molecule has 2 rings (SSSR count). The Morgan fingerprint density at radius 3 is 2.65 bits per heavy atom. The van der Waals surface area contributed by atoms with Crippen LogP contribution in [0.4, 0.5) is 0 Å². The Morgan fingerprint density at radius 2 is 2.00 bits per heavy atom. The SMILES string of the molecule is CCCC1CC1NC(=NCc1ccccc1)NCC.I. The predicted molar refractivity (Wildman–Crippen MR) is 96.6 cm³/mol. The van der Waals surface area contributed by atoms with Crippen molar-refractivity contribution in [3.63, 3.8) is 0 Å². The third-order valence-corrected chi connectivity index (χ3v) is 3.51. The van der Waals surface area contributed by atoms with Gasteiger partial charge in [-0.2, -0.15) is 0 Å². The van der Waals surface area contributed by atoms with E-state index in [0.29, 0.717) is 6.04 Å². The summed E-state index contributed by atoms with van der Waals surface area (Å²) in [6, 6.07) is 11.0. The van der Waals surface area contributed by atoms with Crippen molar-refractivity contribution in [3.05, 3.63) is 35.9 Å². The fraction of sp³-hybridized carbons (Fsp3) is 0.562. The standard InChI is InChI=1S/C16H25N3.HI/c1-3-8-14-11-15(14)19-16(17-4-2)18-12-13-9-6-5-7-10-13;/h5-7,9-10,14-15H,3-4,8,11-12H2,1-2H3,(H2,17,18,19);1H. The molecule has 112 valence electrons. The largest absolute Gasteiger partial charge is 0.357 e. The molecule has 0 amide bonds. The van der Waals surface area contributed by atoms with E-state index < -0.39 is 0 Å². The monoisotopic (exact) mass is 387 g/mol. The van der Waals surface area contributed by atoms with Gasteiger partial charge in [0.05, 0.1) is 6.54 Å². The van der Waals surface area contributed by atoms with E-state index in [1.807, 2.05) is 6.07 Å². The summed E-state index contributed by atoms with van der Waals surface area (Å²) >= 11 is 0. The molecule has 0 heterocycles. The van der Waals surface area contributed by atoms with Crippen LogP contribution in [0.25, 0.3) is 0 Å². The summed E-state index contributed by atoms with van der Waals surface area (Å²) in [5.74, 6) is 1.81. The lowest BCUT2D eigenvalue weighted by atomic mass is 10.2. The Labute approximate surface area is 139 Å². The van der Waals surface area contributed by atoms with E-state index in [4.69, 9.17) is 0 Å². The molecule has 2 atom stereocenters. The average molecular weight is 387 g/mol. The fourth-order valence-electron chi connectivity index (χ4n) is 2.36. The van der Waals surface area contributed by atoms with Crippen LogP contribution in [0, 0.1) is 5.92 Å². The van der Waals surface area contributed by atoms with Gasteiger partial charge in [-0.05, 0) is 31.2 Å². The van der Waals surface area contributed by atoms with Crippen LogP contribution in [-0.4, -0.2) is 18.5 Å². The highest BCUT2D eigenvalue weighted by Crippen LogP contribution is 2.34. The zero-order valence-electron chi connectivity index (χ0n) is 12.4. The van der Waals surface area contributed by atoms with Crippen molar-refractivity contribution < 1.29 is 0 Å². The first-order valence-electron chi connectivity index (χ1n) is 7.42. The number of nitrogens with zero attached hydrogens (tertiary/aromatic N) is 1. The number of guanidine groups is 1. The number of rotatable bonds is 6. The molecule has 1 aromatic carbocycles. The maximum Gasteiger partial charge on any atom is 0.191 e. The van der Waals surface area contributed by atoms with Crippen molar-refractivity contribution in [1.29, 1.82) is 0 Å². The van der Waals surface area contributed by atoms with Crippen molar-refractivity contribution >= 4 is 29.9 Å². The fourth-order valence-corrected chi connectivity index (χ4v) is 2.36. The molecule has 2 unspecified atom stereocenters. The summed E-state index contributed by atoms with van der Waals surface area (Å²) in [5.41, 5.74) is 1.25. The van der Waals surface area contributed by atoms with Gasteiger partial charge in [-0.25, -0.2) is 4.99 Å². The van der Waals surface area contributed by atoms with Crippen molar-refractivity contribution in [2.45, 2.75) is 45.7 Å². The molecule has 3 nitrogen and oxygen atoms in total. The van der Waals surface area contributed by atoms with Gasteiger partial charge in [0, 0.05) is 12.6 Å². The maximum absolute atomic E-state index is 4.65. The van der Waals surface area contributed by atoms with Crippen LogP contribution in [0.5, 0.6) is 0 Å². The molecule has 1 fully saturated rings.